The molecule has 4 rings (SSSR count). The summed E-state index contributed by atoms with van der Waals surface area (Å²) in [6, 6.07) is 5.62. The Morgan fingerprint density at radius 3 is 2.51 bits per heavy atom. The van der Waals surface area contributed by atoms with Gasteiger partial charge in [-0.3, -0.25) is 23.4 Å². The molecule has 1 aliphatic rings. The van der Waals surface area contributed by atoms with E-state index in [0.717, 1.165) is 29.2 Å². The van der Waals surface area contributed by atoms with Crippen LogP contribution in [-0.4, -0.2) is 70.0 Å². The number of amides is 1. The van der Waals surface area contributed by atoms with Crippen molar-refractivity contribution in [1.82, 2.24) is 24.0 Å². The number of sulfonamides is 1. The minimum absolute atomic E-state index is 0.133. The van der Waals surface area contributed by atoms with E-state index in [1.807, 2.05) is 24.8 Å². The molecular weight excluding hydrogens is 602 g/mol. The van der Waals surface area contributed by atoms with Gasteiger partial charge >= 0.3 is 11.8 Å². The molecule has 2 aromatic heterocycles. The first kappa shape index (κ1) is 33.5. The number of hydrogen-bond donors (Lipinski definition) is 2. The lowest BCUT2D eigenvalue weighted by Gasteiger charge is -2.34. The standard InChI is InChI=1S/C30H41N7O7S/c1-19(2)13-15-36-24-25(32-27(36)35-14-9-12-22(17-35)31-28(40)44-30(3,4)5)34(6)29(41)37(26(24)39)18-23(38)20-10-8-11-21(16-20)33-45(7,42)43/h8,10-11,13,16,22,33H,9,12,14-15,17-18H2,1-7H3,(H,31,40). The van der Waals surface area contributed by atoms with E-state index in [1.165, 1.54) is 35.9 Å². The number of aryl methyl sites for hydroxylation is 1. The van der Waals surface area contributed by atoms with Gasteiger partial charge in [0, 0.05) is 44.0 Å². The zero-order valence-corrected chi connectivity index (χ0v) is 27.5. The topological polar surface area (TPSA) is 167 Å². The van der Waals surface area contributed by atoms with Crippen molar-refractivity contribution in [3.05, 3.63) is 62.3 Å². The molecule has 1 fully saturated rings. The third-order valence-electron chi connectivity index (χ3n) is 7.11. The summed E-state index contributed by atoms with van der Waals surface area (Å²) in [5.74, 6) is -0.0812. The van der Waals surface area contributed by atoms with Gasteiger partial charge in [-0.05, 0) is 59.6 Å². The Hall–Kier alpha value is -4.40. The van der Waals surface area contributed by atoms with E-state index in [-0.39, 0.29) is 35.0 Å². The van der Waals surface area contributed by atoms with E-state index in [9.17, 15) is 27.6 Å². The number of allylic oxidation sites excluding steroid dienone is 2. The van der Waals surface area contributed by atoms with Crippen molar-refractivity contribution < 1.29 is 22.7 Å². The Bertz CT molecular complexity index is 1880. The third-order valence-corrected chi connectivity index (χ3v) is 7.72. The maximum atomic E-state index is 14.0. The minimum atomic E-state index is -3.58. The van der Waals surface area contributed by atoms with Crippen LogP contribution in [0.5, 0.6) is 0 Å². The molecule has 3 aromatic rings. The van der Waals surface area contributed by atoms with Crippen LogP contribution in [0.1, 0.15) is 57.8 Å². The number of aromatic nitrogens is 4. The lowest BCUT2D eigenvalue weighted by molar-refractivity contribution is 0.0499. The highest BCUT2D eigenvalue weighted by Crippen LogP contribution is 2.24. The normalized spacial score (nSPS) is 15.5. The first-order chi connectivity index (χ1) is 20.9. The van der Waals surface area contributed by atoms with Gasteiger partial charge in [0.2, 0.25) is 16.0 Å². The fraction of sp³-hybridized carbons (Fsp3) is 0.500. The zero-order valence-electron chi connectivity index (χ0n) is 26.7. The molecule has 1 aromatic carbocycles. The molecule has 1 amide bonds. The summed E-state index contributed by atoms with van der Waals surface area (Å²) in [7, 11) is -2.08. The van der Waals surface area contributed by atoms with Crippen LogP contribution in [0.25, 0.3) is 11.2 Å². The molecule has 1 atom stereocenters. The number of piperidine rings is 1. The summed E-state index contributed by atoms with van der Waals surface area (Å²) in [6.45, 7) is 10.0. The van der Waals surface area contributed by atoms with Crippen LogP contribution in [0, 0.1) is 0 Å². The Morgan fingerprint density at radius 2 is 1.87 bits per heavy atom. The molecule has 45 heavy (non-hydrogen) atoms. The van der Waals surface area contributed by atoms with E-state index in [1.54, 1.807) is 25.3 Å². The van der Waals surface area contributed by atoms with Crippen molar-refractivity contribution in [2.75, 3.05) is 29.0 Å². The summed E-state index contributed by atoms with van der Waals surface area (Å²) < 4.78 is 34.9. The van der Waals surface area contributed by atoms with Crippen molar-refractivity contribution in [3.8, 4) is 0 Å². The van der Waals surface area contributed by atoms with Gasteiger partial charge in [-0.2, -0.15) is 4.98 Å². The molecule has 0 radical (unpaired) electrons. The van der Waals surface area contributed by atoms with Gasteiger partial charge in [0.1, 0.15) is 5.60 Å². The predicted octanol–water partition coefficient (Wildman–Crippen LogP) is 2.61. The average molecular weight is 644 g/mol. The Morgan fingerprint density at radius 1 is 1.16 bits per heavy atom. The van der Waals surface area contributed by atoms with Gasteiger partial charge < -0.3 is 19.5 Å². The predicted molar refractivity (Wildman–Crippen MR) is 173 cm³/mol. The van der Waals surface area contributed by atoms with Gasteiger partial charge in [-0.15, -0.1) is 0 Å². The highest BCUT2D eigenvalue weighted by atomic mass is 32.2. The van der Waals surface area contributed by atoms with Crippen LogP contribution in [0.2, 0.25) is 0 Å². The smallest absolute Gasteiger partial charge is 0.407 e. The van der Waals surface area contributed by atoms with Crippen molar-refractivity contribution in [3.63, 3.8) is 0 Å². The van der Waals surface area contributed by atoms with Crippen LogP contribution < -0.4 is 26.2 Å². The largest absolute Gasteiger partial charge is 0.444 e. The number of nitrogens with zero attached hydrogens (tertiary/aromatic N) is 5. The van der Waals surface area contributed by atoms with Gasteiger partial charge in [-0.25, -0.2) is 18.0 Å². The Balaban J connectivity index is 1.74. The van der Waals surface area contributed by atoms with Crippen LogP contribution in [0.3, 0.4) is 0 Å². The molecule has 0 saturated carbocycles. The number of anilines is 2. The van der Waals surface area contributed by atoms with E-state index in [4.69, 9.17) is 9.72 Å². The van der Waals surface area contributed by atoms with Crippen molar-refractivity contribution in [1.29, 1.82) is 0 Å². The van der Waals surface area contributed by atoms with E-state index < -0.39 is 45.3 Å². The zero-order chi connectivity index (χ0) is 33.3. The number of alkyl carbamates (subject to hydrolysis) is 1. The first-order valence-electron chi connectivity index (χ1n) is 14.6. The average Bonchev–Trinajstić information content (AvgIpc) is 3.31. The van der Waals surface area contributed by atoms with Gasteiger partial charge in [0.25, 0.3) is 5.56 Å². The summed E-state index contributed by atoms with van der Waals surface area (Å²) in [4.78, 5) is 59.9. The molecular formula is C30H41N7O7S. The maximum Gasteiger partial charge on any atom is 0.407 e. The first-order valence-corrected chi connectivity index (χ1v) is 16.5. The SMILES string of the molecule is CC(C)=CCn1c(N2CCCC(NC(=O)OC(C)(C)C)C2)nc2c1c(=O)n(CC(=O)c1cccc(NS(C)(=O)=O)c1)c(=O)n2C. The monoisotopic (exact) mass is 643 g/mol. The van der Waals surface area contributed by atoms with Crippen LogP contribution in [-0.2, 0) is 34.9 Å². The van der Waals surface area contributed by atoms with Gasteiger partial charge in [0.05, 0.1) is 12.8 Å². The highest BCUT2D eigenvalue weighted by Gasteiger charge is 2.29. The number of Topliss-reactive ketones (excluding diaryl/α,β-unsaturated/α-hetero) is 1. The summed E-state index contributed by atoms with van der Waals surface area (Å²) in [6.07, 6.45) is 3.90. The molecule has 1 saturated heterocycles. The number of ketones is 1. The lowest BCUT2D eigenvalue weighted by atomic mass is 10.1. The number of carbonyl (C=O) groups is 2. The number of nitrogens with one attached hydrogen (secondary N) is 2. The molecule has 0 spiro atoms. The van der Waals surface area contributed by atoms with E-state index >= 15 is 0 Å². The molecule has 244 valence electrons. The Kier molecular flexibility index (Phi) is 9.61. The molecule has 0 bridgehead atoms. The third kappa shape index (κ3) is 8.21. The molecule has 1 unspecified atom stereocenters. The maximum absolute atomic E-state index is 14.0. The van der Waals surface area contributed by atoms with Gasteiger partial charge in [0.15, 0.2) is 16.9 Å². The van der Waals surface area contributed by atoms with Crippen molar-refractivity contribution >= 4 is 44.7 Å². The number of hydrogen-bond acceptors (Lipinski definition) is 9. The number of imidazole rings is 1. The van der Waals surface area contributed by atoms with Crippen LogP contribution in [0.15, 0.2) is 45.5 Å². The number of fused-ring (bicyclic) bond motifs is 1. The molecule has 0 aliphatic carbocycles. The van der Waals surface area contributed by atoms with Gasteiger partial charge in [-0.1, -0.05) is 23.8 Å². The quantitative estimate of drug-likeness (QED) is 0.263. The van der Waals surface area contributed by atoms with Crippen molar-refractivity contribution in [2.24, 2.45) is 7.05 Å². The second-order valence-corrected chi connectivity index (χ2v) is 14.3. The van der Waals surface area contributed by atoms with Crippen LogP contribution in [0.4, 0.5) is 16.4 Å². The molecule has 14 nitrogen and oxygen atoms in total. The minimum Gasteiger partial charge on any atom is -0.444 e. The molecule has 1 aliphatic heterocycles. The summed E-state index contributed by atoms with van der Waals surface area (Å²) in [5, 5.41) is 2.92. The second kappa shape index (κ2) is 12.9. The van der Waals surface area contributed by atoms with E-state index in [0.29, 0.717) is 19.0 Å². The Labute approximate surface area is 261 Å². The van der Waals surface area contributed by atoms with Crippen molar-refractivity contribution in [2.45, 2.75) is 72.2 Å². The summed E-state index contributed by atoms with van der Waals surface area (Å²) in [5.41, 5.74) is -0.370. The van der Waals surface area contributed by atoms with E-state index in [2.05, 4.69) is 10.0 Å². The molecule has 3 heterocycles. The van der Waals surface area contributed by atoms with Crippen LogP contribution >= 0.6 is 0 Å². The molecule has 2 N–H and O–H groups in total. The number of carbonyl (C=O) groups excluding carboxylic acids is 2. The lowest BCUT2D eigenvalue weighted by Crippen LogP contribution is -2.49. The second-order valence-electron chi connectivity index (χ2n) is 12.5. The fourth-order valence-electron chi connectivity index (χ4n) is 5.14. The molecule has 15 heteroatoms. The highest BCUT2D eigenvalue weighted by molar-refractivity contribution is 7.92. The fourth-order valence-corrected chi connectivity index (χ4v) is 5.70. The number of ether oxygens (including phenoxy) is 1. The number of benzene rings is 1. The summed E-state index contributed by atoms with van der Waals surface area (Å²) >= 11 is 0. The number of rotatable bonds is 9.